The standard InChI is InChI=1S/C9H20ClNO2S/c1-8(2)5-11(6-9(3)4)14(12,13)7-10/h8-9H,5-7H2,1-4H3. The number of hydrogen-bond donors (Lipinski definition) is 0. The van der Waals surface area contributed by atoms with Crippen LogP contribution in [0.5, 0.6) is 0 Å². The number of nitrogens with zero attached hydrogens (tertiary/aromatic N) is 1. The molecule has 0 N–H and O–H groups in total. The molecule has 0 aliphatic rings. The molecule has 0 aromatic heterocycles. The zero-order chi connectivity index (χ0) is 11.4. The molecule has 0 unspecified atom stereocenters. The van der Waals surface area contributed by atoms with Crippen LogP contribution in [0.1, 0.15) is 27.7 Å². The first-order valence-corrected chi connectivity index (χ1v) is 6.97. The number of hydrogen-bond acceptors (Lipinski definition) is 2. The predicted octanol–water partition coefficient (Wildman–Crippen LogP) is 2.13. The van der Waals surface area contributed by atoms with E-state index in [1.165, 1.54) is 4.31 Å². The average Bonchev–Trinajstić information content (AvgIpc) is 2.01. The maximum atomic E-state index is 11.6. The highest BCUT2D eigenvalue weighted by Gasteiger charge is 2.22. The molecular formula is C9H20ClNO2S. The van der Waals surface area contributed by atoms with Crippen LogP contribution in [0.25, 0.3) is 0 Å². The number of rotatable bonds is 6. The Morgan fingerprint density at radius 3 is 1.64 bits per heavy atom. The molecule has 0 aromatic carbocycles. The Morgan fingerprint density at radius 2 is 1.43 bits per heavy atom. The summed E-state index contributed by atoms with van der Waals surface area (Å²) in [6.07, 6.45) is 0. The first-order valence-electron chi connectivity index (χ1n) is 4.83. The number of sulfonamides is 1. The summed E-state index contributed by atoms with van der Waals surface area (Å²) < 4.78 is 24.6. The molecule has 0 saturated carbocycles. The van der Waals surface area contributed by atoms with E-state index in [9.17, 15) is 8.42 Å². The van der Waals surface area contributed by atoms with Gasteiger partial charge in [-0.2, -0.15) is 0 Å². The zero-order valence-corrected chi connectivity index (χ0v) is 10.9. The van der Waals surface area contributed by atoms with Crippen LogP contribution in [0.3, 0.4) is 0 Å². The van der Waals surface area contributed by atoms with Crippen LogP contribution in [0, 0.1) is 11.8 Å². The second kappa shape index (κ2) is 5.93. The third-order valence-corrected chi connectivity index (χ3v) is 3.86. The Balaban J connectivity index is 4.55. The first kappa shape index (κ1) is 14.2. The second-order valence-electron chi connectivity index (χ2n) is 4.33. The summed E-state index contributed by atoms with van der Waals surface area (Å²) in [5.74, 6) is 0.651. The van der Waals surface area contributed by atoms with E-state index < -0.39 is 10.0 Å². The molecule has 0 heterocycles. The van der Waals surface area contributed by atoms with Gasteiger partial charge in [0.1, 0.15) is 5.21 Å². The molecule has 0 saturated heterocycles. The molecule has 0 bridgehead atoms. The van der Waals surface area contributed by atoms with Crippen molar-refractivity contribution in [1.82, 2.24) is 4.31 Å². The van der Waals surface area contributed by atoms with Gasteiger partial charge in [-0.15, -0.1) is 11.6 Å². The minimum absolute atomic E-state index is 0.326. The Hall–Kier alpha value is 0.200. The van der Waals surface area contributed by atoms with E-state index in [1.54, 1.807) is 0 Å². The van der Waals surface area contributed by atoms with Crippen molar-refractivity contribution in [3.05, 3.63) is 0 Å². The fourth-order valence-corrected chi connectivity index (χ4v) is 2.79. The largest absolute Gasteiger partial charge is 0.228 e. The van der Waals surface area contributed by atoms with E-state index in [0.717, 1.165) is 0 Å². The van der Waals surface area contributed by atoms with Crippen molar-refractivity contribution in [2.45, 2.75) is 27.7 Å². The highest BCUT2D eigenvalue weighted by molar-refractivity contribution is 7.90. The lowest BCUT2D eigenvalue weighted by molar-refractivity contribution is 0.335. The Bertz CT molecular complexity index is 240. The van der Waals surface area contributed by atoms with E-state index in [4.69, 9.17) is 11.6 Å². The van der Waals surface area contributed by atoms with E-state index >= 15 is 0 Å². The van der Waals surface area contributed by atoms with Crippen molar-refractivity contribution in [2.75, 3.05) is 18.3 Å². The Labute approximate surface area is 92.5 Å². The summed E-state index contributed by atoms with van der Waals surface area (Å²) in [5, 5.41) is -0.327. The molecule has 86 valence electrons. The minimum Gasteiger partial charge on any atom is -0.211 e. The molecule has 0 amide bonds. The monoisotopic (exact) mass is 241 g/mol. The number of alkyl halides is 1. The quantitative estimate of drug-likeness (QED) is 0.668. The van der Waals surface area contributed by atoms with Gasteiger partial charge < -0.3 is 0 Å². The third-order valence-electron chi connectivity index (χ3n) is 1.67. The molecule has 0 aromatic rings. The van der Waals surface area contributed by atoms with Gasteiger partial charge in [0, 0.05) is 13.1 Å². The van der Waals surface area contributed by atoms with Crippen LogP contribution in [-0.4, -0.2) is 31.0 Å². The highest BCUT2D eigenvalue weighted by atomic mass is 35.5. The molecule has 5 heteroatoms. The van der Waals surface area contributed by atoms with E-state index in [2.05, 4.69) is 0 Å². The molecule has 0 atom stereocenters. The van der Waals surface area contributed by atoms with Crippen LogP contribution in [0.2, 0.25) is 0 Å². The van der Waals surface area contributed by atoms with Gasteiger partial charge in [0.2, 0.25) is 10.0 Å². The van der Waals surface area contributed by atoms with E-state index in [-0.39, 0.29) is 5.21 Å². The fourth-order valence-electron chi connectivity index (χ4n) is 1.19. The van der Waals surface area contributed by atoms with Crippen molar-refractivity contribution >= 4 is 21.6 Å². The lowest BCUT2D eigenvalue weighted by atomic mass is 10.2. The third kappa shape index (κ3) is 5.17. The van der Waals surface area contributed by atoms with Crippen LogP contribution < -0.4 is 0 Å². The van der Waals surface area contributed by atoms with Crippen LogP contribution in [-0.2, 0) is 10.0 Å². The molecule has 14 heavy (non-hydrogen) atoms. The summed E-state index contributed by atoms with van der Waals surface area (Å²) in [5.41, 5.74) is 0. The second-order valence-corrected chi connectivity index (χ2v) is 6.88. The van der Waals surface area contributed by atoms with Gasteiger partial charge in [-0.05, 0) is 11.8 Å². The van der Waals surface area contributed by atoms with Crippen LogP contribution >= 0.6 is 11.6 Å². The maximum absolute atomic E-state index is 11.6. The molecule has 0 radical (unpaired) electrons. The van der Waals surface area contributed by atoms with Gasteiger partial charge in [-0.3, -0.25) is 0 Å². The molecule has 0 spiro atoms. The highest BCUT2D eigenvalue weighted by Crippen LogP contribution is 2.10. The van der Waals surface area contributed by atoms with Crippen molar-refractivity contribution in [2.24, 2.45) is 11.8 Å². The van der Waals surface area contributed by atoms with E-state index in [1.807, 2.05) is 27.7 Å². The van der Waals surface area contributed by atoms with Gasteiger partial charge in [0.25, 0.3) is 0 Å². The van der Waals surface area contributed by atoms with Crippen LogP contribution in [0.4, 0.5) is 0 Å². The van der Waals surface area contributed by atoms with Crippen molar-refractivity contribution in [3.8, 4) is 0 Å². The molecule has 3 nitrogen and oxygen atoms in total. The summed E-state index contributed by atoms with van der Waals surface area (Å²) in [6.45, 7) is 9.09. The summed E-state index contributed by atoms with van der Waals surface area (Å²) in [4.78, 5) is 0. The van der Waals surface area contributed by atoms with Crippen molar-refractivity contribution < 1.29 is 8.42 Å². The number of halogens is 1. The molecule has 0 aliphatic heterocycles. The lowest BCUT2D eigenvalue weighted by Gasteiger charge is -2.24. The van der Waals surface area contributed by atoms with Gasteiger partial charge in [-0.25, -0.2) is 12.7 Å². The van der Waals surface area contributed by atoms with Gasteiger partial charge >= 0.3 is 0 Å². The predicted molar refractivity (Wildman–Crippen MR) is 60.9 cm³/mol. The smallest absolute Gasteiger partial charge is 0.211 e. The molecule has 0 fully saturated rings. The maximum Gasteiger partial charge on any atom is 0.228 e. The van der Waals surface area contributed by atoms with Gasteiger partial charge in [0.15, 0.2) is 0 Å². The van der Waals surface area contributed by atoms with Gasteiger partial charge in [0.05, 0.1) is 0 Å². The van der Waals surface area contributed by atoms with Crippen molar-refractivity contribution in [3.63, 3.8) is 0 Å². The summed E-state index contributed by atoms with van der Waals surface area (Å²) in [7, 11) is -3.25. The first-order chi connectivity index (χ1) is 6.29. The lowest BCUT2D eigenvalue weighted by Crippen LogP contribution is -2.37. The molecule has 0 aliphatic carbocycles. The topological polar surface area (TPSA) is 37.4 Å². The average molecular weight is 242 g/mol. The molecular weight excluding hydrogens is 222 g/mol. The summed E-state index contributed by atoms with van der Waals surface area (Å²) >= 11 is 5.43. The van der Waals surface area contributed by atoms with E-state index in [0.29, 0.717) is 24.9 Å². The van der Waals surface area contributed by atoms with Crippen molar-refractivity contribution in [1.29, 1.82) is 0 Å². The minimum atomic E-state index is -3.25. The van der Waals surface area contributed by atoms with Crippen LogP contribution in [0.15, 0.2) is 0 Å². The molecule has 0 rings (SSSR count). The zero-order valence-electron chi connectivity index (χ0n) is 9.33. The SMILES string of the molecule is CC(C)CN(CC(C)C)S(=O)(=O)CCl. The summed E-state index contributed by atoms with van der Waals surface area (Å²) in [6, 6.07) is 0. The Kier molecular flexibility index (Phi) is 6.02. The fraction of sp³-hybridized carbons (Fsp3) is 1.00. The Morgan fingerprint density at radius 1 is 1.07 bits per heavy atom. The normalized spacial score (nSPS) is 13.1. The van der Waals surface area contributed by atoms with Gasteiger partial charge in [-0.1, -0.05) is 27.7 Å².